The molecule has 0 saturated carbocycles. The largest absolute Gasteiger partial charge is 0.376 e. The van der Waals surface area contributed by atoms with Gasteiger partial charge in [0.2, 0.25) is 0 Å². The molecule has 1 saturated heterocycles. The van der Waals surface area contributed by atoms with E-state index in [4.69, 9.17) is 4.74 Å². The van der Waals surface area contributed by atoms with Crippen molar-refractivity contribution in [2.45, 2.75) is 30.4 Å². The first kappa shape index (κ1) is 17.0. The van der Waals surface area contributed by atoms with Gasteiger partial charge >= 0.3 is 0 Å². The summed E-state index contributed by atoms with van der Waals surface area (Å²) in [5.41, 5.74) is 1.84. The van der Waals surface area contributed by atoms with Crippen LogP contribution in [0.15, 0.2) is 53.7 Å². The molecule has 24 heavy (non-hydrogen) atoms. The van der Waals surface area contributed by atoms with E-state index in [-0.39, 0.29) is 12.0 Å². The van der Waals surface area contributed by atoms with E-state index in [1.807, 2.05) is 47.6 Å². The van der Waals surface area contributed by atoms with E-state index < -0.39 is 0 Å². The molecule has 2 heterocycles. The van der Waals surface area contributed by atoms with Crippen molar-refractivity contribution in [3.63, 3.8) is 0 Å². The third kappa shape index (κ3) is 4.16. The summed E-state index contributed by atoms with van der Waals surface area (Å²) in [6, 6.07) is 11.7. The van der Waals surface area contributed by atoms with Crippen molar-refractivity contribution in [2.75, 3.05) is 19.4 Å². The normalized spacial score (nSPS) is 17.0. The Labute approximate surface area is 147 Å². The predicted octanol–water partition coefficient (Wildman–Crippen LogP) is 3.62. The van der Waals surface area contributed by atoms with Crippen molar-refractivity contribution in [2.24, 2.45) is 0 Å². The van der Waals surface area contributed by atoms with Gasteiger partial charge in [-0.05, 0) is 48.9 Å². The van der Waals surface area contributed by atoms with Gasteiger partial charge in [0.15, 0.2) is 0 Å². The van der Waals surface area contributed by atoms with Crippen LogP contribution < -0.4 is 0 Å². The average Bonchev–Trinajstić information content (AvgIpc) is 3.14. The number of nitrogens with zero attached hydrogens (tertiary/aromatic N) is 2. The van der Waals surface area contributed by atoms with Gasteiger partial charge in [0, 0.05) is 37.0 Å². The third-order valence-electron chi connectivity index (χ3n) is 4.20. The highest BCUT2D eigenvalue weighted by Crippen LogP contribution is 2.23. The van der Waals surface area contributed by atoms with Crippen LogP contribution >= 0.6 is 11.8 Å². The van der Waals surface area contributed by atoms with Gasteiger partial charge in [-0.25, -0.2) is 0 Å². The standard InChI is InChI=1S/C19H22N2O2S/c1-24-18-7-3-2-6-17(18)19(22)21(14-16-5-4-12-23-16)13-15-8-10-20-11-9-15/h2-3,6-11,16H,4-5,12-14H2,1H3/t16-/m1/s1. The molecule has 1 fully saturated rings. The van der Waals surface area contributed by atoms with Gasteiger partial charge < -0.3 is 9.64 Å². The fraction of sp³-hybridized carbons (Fsp3) is 0.368. The molecule has 0 aliphatic carbocycles. The van der Waals surface area contributed by atoms with E-state index in [9.17, 15) is 4.79 Å². The molecule has 0 radical (unpaired) electrons. The van der Waals surface area contributed by atoms with Crippen LogP contribution in [-0.2, 0) is 11.3 Å². The molecule has 4 nitrogen and oxygen atoms in total. The second-order valence-electron chi connectivity index (χ2n) is 5.88. The summed E-state index contributed by atoms with van der Waals surface area (Å²) >= 11 is 1.60. The summed E-state index contributed by atoms with van der Waals surface area (Å²) in [6.07, 6.45) is 7.75. The molecule has 2 aromatic rings. The summed E-state index contributed by atoms with van der Waals surface area (Å²) in [4.78, 5) is 20.1. The lowest BCUT2D eigenvalue weighted by Crippen LogP contribution is -2.37. The van der Waals surface area contributed by atoms with E-state index >= 15 is 0 Å². The SMILES string of the molecule is CSc1ccccc1C(=O)N(Cc1ccncc1)C[C@H]1CCCO1. The Morgan fingerprint density at radius 3 is 2.79 bits per heavy atom. The molecule has 1 aromatic heterocycles. The molecular formula is C19H22N2O2S. The van der Waals surface area contributed by atoms with Gasteiger partial charge in [0.1, 0.15) is 0 Å². The van der Waals surface area contributed by atoms with Gasteiger partial charge in [-0.2, -0.15) is 0 Å². The van der Waals surface area contributed by atoms with E-state index in [2.05, 4.69) is 4.98 Å². The lowest BCUT2D eigenvalue weighted by molar-refractivity contribution is 0.0504. The highest BCUT2D eigenvalue weighted by molar-refractivity contribution is 7.98. The first-order chi connectivity index (χ1) is 11.8. The molecule has 0 spiro atoms. The van der Waals surface area contributed by atoms with Crippen molar-refractivity contribution in [3.8, 4) is 0 Å². The quantitative estimate of drug-likeness (QED) is 0.752. The molecule has 1 aliphatic heterocycles. The Morgan fingerprint density at radius 1 is 1.29 bits per heavy atom. The Hall–Kier alpha value is -1.85. The maximum Gasteiger partial charge on any atom is 0.255 e. The lowest BCUT2D eigenvalue weighted by Gasteiger charge is -2.26. The van der Waals surface area contributed by atoms with Crippen molar-refractivity contribution in [1.82, 2.24) is 9.88 Å². The van der Waals surface area contributed by atoms with Crippen LogP contribution in [0, 0.1) is 0 Å². The maximum atomic E-state index is 13.2. The number of carbonyl (C=O) groups is 1. The van der Waals surface area contributed by atoms with Crippen LogP contribution in [-0.4, -0.2) is 41.3 Å². The second-order valence-corrected chi connectivity index (χ2v) is 6.72. The van der Waals surface area contributed by atoms with Crippen molar-refractivity contribution in [3.05, 3.63) is 59.9 Å². The molecule has 1 aromatic carbocycles. The molecule has 1 atom stereocenters. The number of carbonyl (C=O) groups excluding carboxylic acids is 1. The molecule has 1 aliphatic rings. The number of rotatable bonds is 6. The van der Waals surface area contributed by atoms with Crippen molar-refractivity contribution < 1.29 is 9.53 Å². The number of benzene rings is 1. The summed E-state index contributed by atoms with van der Waals surface area (Å²) < 4.78 is 5.75. The first-order valence-corrected chi connectivity index (χ1v) is 9.43. The van der Waals surface area contributed by atoms with Crippen LogP contribution in [0.5, 0.6) is 0 Å². The average molecular weight is 342 g/mol. The summed E-state index contributed by atoms with van der Waals surface area (Å²) in [5, 5.41) is 0. The van der Waals surface area contributed by atoms with Gasteiger partial charge in [-0.15, -0.1) is 11.8 Å². The van der Waals surface area contributed by atoms with Gasteiger partial charge in [-0.1, -0.05) is 12.1 Å². The summed E-state index contributed by atoms with van der Waals surface area (Å²) in [6.45, 7) is 2.00. The highest BCUT2D eigenvalue weighted by atomic mass is 32.2. The Kier molecular flexibility index (Phi) is 5.88. The van der Waals surface area contributed by atoms with Crippen molar-refractivity contribution >= 4 is 17.7 Å². The lowest BCUT2D eigenvalue weighted by atomic mass is 10.1. The number of hydrogen-bond donors (Lipinski definition) is 0. The molecule has 0 N–H and O–H groups in total. The number of pyridine rings is 1. The molecule has 3 rings (SSSR count). The number of hydrogen-bond acceptors (Lipinski definition) is 4. The minimum Gasteiger partial charge on any atom is -0.376 e. The number of amides is 1. The predicted molar refractivity (Wildman–Crippen MR) is 96.2 cm³/mol. The van der Waals surface area contributed by atoms with E-state index in [0.717, 1.165) is 35.5 Å². The molecule has 126 valence electrons. The number of thioether (sulfide) groups is 1. The van der Waals surface area contributed by atoms with Crippen molar-refractivity contribution in [1.29, 1.82) is 0 Å². The Morgan fingerprint density at radius 2 is 2.08 bits per heavy atom. The zero-order valence-corrected chi connectivity index (χ0v) is 14.7. The van der Waals surface area contributed by atoms with Crippen LogP contribution in [0.3, 0.4) is 0 Å². The Bertz CT molecular complexity index is 672. The topological polar surface area (TPSA) is 42.4 Å². The van der Waals surface area contributed by atoms with Crippen LogP contribution in [0.4, 0.5) is 0 Å². The summed E-state index contributed by atoms with van der Waals surface area (Å²) in [5.74, 6) is 0.0623. The molecule has 0 bridgehead atoms. The first-order valence-electron chi connectivity index (χ1n) is 8.20. The number of ether oxygens (including phenoxy) is 1. The highest BCUT2D eigenvalue weighted by Gasteiger charge is 2.24. The smallest absolute Gasteiger partial charge is 0.255 e. The zero-order valence-electron chi connectivity index (χ0n) is 13.9. The monoisotopic (exact) mass is 342 g/mol. The molecule has 1 amide bonds. The maximum absolute atomic E-state index is 13.2. The van der Waals surface area contributed by atoms with Gasteiger partial charge in [0.05, 0.1) is 11.7 Å². The fourth-order valence-corrected chi connectivity index (χ4v) is 3.54. The van der Waals surface area contributed by atoms with Crippen LogP contribution in [0.2, 0.25) is 0 Å². The second kappa shape index (κ2) is 8.31. The Balaban J connectivity index is 1.83. The third-order valence-corrected chi connectivity index (χ3v) is 4.99. The molecule has 5 heteroatoms. The molecular weight excluding hydrogens is 320 g/mol. The fourth-order valence-electron chi connectivity index (χ4n) is 2.95. The minimum absolute atomic E-state index is 0.0623. The zero-order chi connectivity index (χ0) is 16.8. The van der Waals surface area contributed by atoms with Gasteiger partial charge in [-0.3, -0.25) is 9.78 Å². The summed E-state index contributed by atoms with van der Waals surface area (Å²) in [7, 11) is 0. The van der Waals surface area contributed by atoms with E-state index in [1.165, 1.54) is 0 Å². The number of aromatic nitrogens is 1. The van der Waals surface area contributed by atoms with E-state index in [0.29, 0.717) is 13.1 Å². The van der Waals surface area contributed by atoms with Crippen LogP contribution in [0.25, 0.3) is 0 Å². The minimum atomic E-state index is 0.0623. The molecule has 0 unspecified atom stereocenters. The van der Waals surface area contributed by atoms with Gasteiger partial charge in [0.25, 0.3) is 5.91 Å². The van der Waals surface area contributed by atoms with Crippen LogP contribution in [0.1, 0.15) is 28.8 Å². The van der Waals surface area contributed by atoms with E-state index in [1.54, 1.807) is 24.2 Å².